The minimum atomic E-state index is -0.580. The molecule has 0 saturated heterocycles. The molecule has 0 aliphatic heterocycles. The molecular weight excluding hydrogens is 522 g/mol. The van der Waals surface area contributed by atoms with Crippen LogP contribution in [0.1, 0.15) is 127 Å². The Bertz CT molecular complexity index is 1170. The molecule has 4 saturated carbocycles. The van der Waals surface area contributed by atoms with E-state index in [1.165, 1.54) is 5.57 Å². The van der Waals surface area contributed by atoms with E-state index < -0.39 is 16.7 Å². The van der Waals surface area contributed by atoms with Crippen molar-refractivity contribution in [2.75, 3.05) is 13.7 Å². The summed E-state index contributed by atoms with van der Waals surface area (Å²) in [7, 11) is 1.57. The van der Waals surface area contributed by atoms with Gasteiger partial charge >= 0.3 is 5.97 Å². The number of Topliss-reactive ketones (excluding diaryl/α,β-unsaturated/α-hetero) is 1. The highest BCUT2D eigenvalue weighted by molar-refractivity contribution is 6.04. The number of fused-ring (bicyclic) bond motifs is 7. The average molecular weight is 582 g/mol. The Kier molecular flexibility index (Phi) is 7.71. The second-order valence-electron chi connectivity index (χ2n) is 17.5. The largest absolute Gasteiger partial charge is 0.469 e. The first-order valence-corrected chi connectivity index (χ1v) is 17.0. The molecule has 0 radical (unpaired) electrons. The Morgan fingerprint density at radius 3 is 2.29 bits per heavy atom. The molecule has 5 heteroatoms. The highest BCUT2D eigenvalue weighted by atomic mass is 16.5. The number of hydrogen-bond acceptors (Lipinski definition) is 4. The predicted molar refractivity (Wildman–Crippen MR) is 167 cm³/mol. The number of rotatable bonds is 5. The maximum atomic E-state index is 14.0. The minimum Gasteiger partial charge on any atom is -0.469 e. The number of methoxy groups -OCH3 is 1. The molecule has 0 bridgehead atoms. The van der Waals surface area contributed by atoms with Crippen LogP contribution >= 0.6 is 0 Å². The molecule has 236 valence electrons. The summed E-state index contributed by atoms with van der Waals surface area (Å²) in [6, 6.07) is 0. The van der Waals surface area contributed by atoms with Gasteiger partial charge in [0.15, 0.2) is 5.78 Å². The van der Waals surface area contributed by atoms with E-state index in [2.05, 4.69) is 73.7 Å². The predicted octanol–water partition coefficient (Wildman–Crippen LogP) is 7.92. The molecule has 5 rings (SSSR count). The highest BCUT2D eigenvalue weighted by Gasteiger charge is 2.70. The first-order valence-electron chi connectivity index (χ1n) is 17.0. The molecule has 0 heterocycles. The van der Waals surface area contributed by atoms with Gasteiger partial charge < -0.3 is 10.1 Å². The van der Waals surface area contributed by atoms with Gasteiger partial charge in [-0.15, -0.1) is 0 Å². The quantitative estimate of drug-likeness (QED) is 0.203. The van der Waals surface area contributed by atoms with Crippen LogP contribution in [0.5, 0.6) is 0 Å². The number of ketones is 1. The lowest BCUT2D eigenvalue weighted by molar-refractivity contribution is -0.196. The molecule has 5 unspecified atom stereocenters. The smallest absolute Gasteiger partial charge is 0.312 e. The zero-order chi connectivity index (χ0) is 31.1. The fourth-order valence-corrected chi connectivity index (χ4v) is 11.6. The number of hydrogen-bond donors (Lipinski definition) is 1. The van der Waals surface area contributed by atoms with Gasteiger partial charge in [0.1, 0.15) is 0 Å². The van der Waals surface area contributed by atoms with Crippen molar-refractivity contribution in [1.82, 2.24) is 5.32 Å². The third kappa shape index (κ3) is 4.31. The summed E-state index contributed by atoms with van der Waals surface area (Å²) in [5.74, 6) is 0.755. The molecule has 0 spiro atoms. The number of amides is 1. The second-order valence-corrected chi connectivity index (χ2v) is 17.5. The molecule has 42 heavy (non-hydrogen) atoms. The molecule has 1 amide bonds. The zero-order valence-electron chi connectivity index (χ0n) is 28.4. The summed E-state index contributed by atoms with van der Waals surface area (Å²) < 4.78 is 5.52. The van der Waals surface area contributed by atoms with Crippen molar-refractivity contribution in [3.05, 3.63) is 11.6 Å². The normalized spacial score (nSPS) is 44.3. The SMILES string of the molecule is CCC(C)CNC(=O)C1C[C@@]2(C)C(CC[C@]3(C)C2CC=C2C4CC(C)(C)CC[C@]4(C(=O)OC)CC[C@]23C)C(C)(C)C1=O. The summed E-state index contributed by atoms with van der Waals surface area (Å²) in [5.41, 5.74) is 0.694. The maximum absolute atomic E-state index is 14.0. The van der Waals surface area contributed by atoms with Crippen molar-refractivity contribution in [2.24, 2.45) is 62.1 Å². The van der Waals surface area contributed by atoms with Crippen molar-refractivity contribution in [2.45, 2.75) is 127 Å². The molecule has 0 aromatic carbocycles. The summed E-state index contributed by atoms with van der Waals surface area (Å²) >= 11 is 0. The van der Waals surface area contributed by atoms with Crippen LogP contribution in [-0.4, -0.2) is 31.3 Å². The molecule has 5 aliphatic carbocycles. The number of carbonyl (C=O) groups is 3. The van der Waals surface area contributed by atoms with E-state index in [4.69, 9.17) is 4.74 Å². The first kappa shape index (κ1) is 31.8. The van der Waals surface area contributed by atoms with Gasteiger partial charge in [0, 0.05) is 12.0 Å². The van der Waals surface area contributed by atoms with E-state index in [1.54, 1.807) is 7.11 Å². The zero-order valence-corrected chi connectivity index (χ0v) is 28.4. The van der Waals surface area contributed by atoms with E-state index in [0.717, 1.165) is 57.8 Å². The molecular formula is C37H59NO4. The standard InChI is InChI=1S/C37H59NO4/c1-11-23(2)22-38-30(40)24-20-34(7)27(33(5,6)29(24)39)14-15-36(9)28(34)13-12-25-26-21-32(3,4)16-18-37(26,31(41)42-10)19-17-35(25,36)8/h12,23-24,26-28H,11,13-22H2,1-10H3,(H,38,40)/t23?,24?,26?,27?,28?,34-,35+,36+,37-/m0/s1. The Hall–Kier alpha value is -1.65. The Balaban J connectivity index is 1.55. The van der Waals surface area contributed by atoms with Crippen LogP contribution in [-0.2, 0) is 19.1 Å². The van der Waals surface area contributed by atoms with Crippen LogP contribution in [0, 0.1) is 62.1 Å². The second kappa shape index (κ2) is 10.2. The first-order chi connectivity index (χ1) is 19.4. The summed E-state index contributed by atoms with van der Waals surface area (Å²) in [6.07, 6.45) is 12.2. The van der Waals surface area contributed by atoms with Crippen molar-refractivity contribution in [1.29, 1.82) is 0 Å². The fourth-order valence-electron chi connectivity index (χ4n) is 11.6. The van der Waals surface area contributed by atoms with Gasteiger partial charge in [-0.05, 0) is 103 Å². The van der Waals surface area contributed by atoms with E-state index in [0.29, 0.717) is 24.8 Å². The monoisotopic (exact) mass is 581 g/mol. The van der Waals surface area contributed by atoms with Crippen LogP contribution < -0.4 is 5.32 Å². The van der Waals surface area contributed by atoms with Crippen LogP contribution in [0.15, 0.2) is 11.6 Å². The van der Waals surface area contributed by atoms with Gasteiger partial charge in [-0.3, -0.25) is 14.4 Å². The average Bonchev–Trinajstić information content (AvgIpc) is 2.93. The minimum absolute atomic E-state index is 0.00677. The molecule has 4 fully saturated rings. The number of allylic oxidation sites excluding steroid dienone is 2. The van der Waals surface area contributed by atoms with Gasteiger partial charge in [0.05, 0.1) is 18.4 Å². The Labute approximate surface area is 255 Å². The van der Waals surface area contributed by atoms with Gasteiger partial charge in [-0.2, -0.15) is 0 Å². The molecule has 0 aromatic rings. The van der Waals surface area contributed by atoms with Crippen molar-refractivity contribution < 1.29 is 19.1 Å². The summed E-state index contributed by atoms with van der Waals surface area (Å²) in [6.45, 7) is 21.4. The topological polar surface area (TPSA) is 72.5 Å². The van der Waals surface area contributed by atoms with Crippen molar-refractivity contribution in [3.8, 4) is 0 Å². The maximum Gasteiger partial charge on any atom is 0.312 e. The molecule has 5 nitrogen and oxygen atoms in total. The highest BCUT2D eigenvalue weighted by Crippen LogP contribution is 2.75. The molecule has 0 aromatic heterocycles. The number of ether oxygens (including phenoxy) is 1. The molecule has 5 aliphatic rings. The lowest BCUT2D eigenvalue weighted by atomic mass is 9.33. The van der Waals surface area contributed by atoms with Gasteiger partial charge in [0.2, 0.25) is 5.91 Å². The van der Waals surface area contributed by atoms with E-state index in [1.807, 2.05) is 0 Å². The number of nitrogens with one attached hydrogen (secondary N) is 1. The summed E-state index contributed by atoms with van der Waals surface area (Å²) in [4.78, 5) is 41.1. The third-order valence-corrected chi connectivity index (χ3v) is 14.6. The van der Waals surface area contributed by atoms with Gasteiger partial charge in [0.25, 0.3) is 0 Å². The lowest BCUT2D eigenvalue weighted by Gasteiger charge is -2.71. The van der Waals surface area contributed by atoms with Crippen LogP contribution in [0.4, 0.5) is 0 Å². The van der Waals surface area contributed by atoms with Gasteiger partial charge in [-0.25, -0.2) is 0 Å². The third-order valence-electron chi connectivity index (χ3n) is 14.6. The number of esters is 1. The van der Waals surface area contributed by atoms with Crippen LogP contribution in [0.25, 0.3) is 0 Å². The Morgan fingerprint density at radius 2 is 1.64 bits per heavy atom. The van der Waals surface area contributed by atoms with Crippen LogP contribution in [0.2, 0.25) is 0 Å². The molecule has 9 atom stereocenters. The van der Waals surface area contributed by atoms with E-state index >= 15 is 0 Å². The fraction of sp³-hybridized carbons (Fsp3) is 0.865. The van der Waals surface area contributed by atoms with E-state index in [-0.39, 0.29) is 51.2 Å². The van der Waals surface area contributed by atoms with Crippen molar-refractivity contribution in [3.63, 3.8) is 0 Å². The van der Waals surface area contributed by atoms with Gasteiger partial charge in [-0.1, -0.05) is 80.4 Å². The van der Waals surface area contributed by atoms with Crippen molar-refractivity contribution >= 4 is 17.7 Å². The van der Waals surface area contributed by atoms with Crippen LogP contribution in [0.3, 0.4) is 0 Å². The summed E-state index contributed by atoms with van der Waals surface area (Å²) in [5, 5.41) is 3.16. The van der Waals surface area contributed by atoms with E-state index in [9.17, 15) is 14.4 Å². The molecule has 1 N–H and O–H groups in total. The lowest BCUT2D eigenvalue weighted by Crippen LogP contribution is -2.66. The number of carbonyl (C=O) groups excluding carboxylic acids is 3. The Morgan fingerprint density at radius 1 is 0.976 bits per heavy atom.